The van der Waals surface area contributed by atoms with Gasteiger partial charge in [0.15, 0.2) is 0 Å². The first kappa shape index (κ1) is 15.2. The summed E-state index contributed by atoms with van der Waals surface area (Å²) in [5, 5.41) is 16.4. The average Bonchev–Trinajstić information content (AvgIpc) is 3.04. The van der Waals surface area contributed by atoms with E-state index in [4.69, 9.17) is 16.3 Å². The molecule has 0 radical (unpaired) electrons. The molecule has 0 fully saturated rings. The molecule has 23 heavy (non-hydrogen) atoms. The zero-order valence-corrected chi connectivity index (χ0v) is 13.2. The van der Waals surface area contributed by atoms with E-state index in [0.717, 1.165) is 0 Å². The molecule has 0 aliphatic rings. The quantitative estimate of drug-likeness (QED) is 0.721. The predicted molar refractivity (Wildman–Crippen MR) is 83.4 cm³/mol. The van der Waals surface area contributed by atoms with E-state index in [0.29, 0.717) is 22.2 Å². The van der Waals surface area contributed by atoms with Crippen molar-refractivity contribution in [2.24, 2.45) is 0 Å². The van der Waals surface area contributed by atoms with Crippen LogP contribution in [-0.4, -0.2) is 36.9 Å². The maximum Gasteiger partial charge on any atom is 0.253 e. The molecule has 3 rings (SSSR count). The van der Waals surface area contributed by atoms with Crippen molar-refractivity contribution in [3.63, 3.8) is 0 Å². The second-order valence-electron chi connectivity index (χ2n) is 4.79. The summed E-state index contributed by atoms with van der Waals surface area (Å²) in [7, 11) is 1.55. The normalized spacial score (nSPS) is 12.1. The van der Waals surface area contributed by atoms with Crippen molar-refractivity contribution in [1.29, 1.82) is 0 Å². The van der Waals surface area contributed by atoms with Crippen molar-refractivity contribution in [2.45, 2.75) is 13.1 Å². The number of aromatic nitrogens is 6. The molecule has 9 heteroatoms. The molecule has 118 valence electrons. The summed E-state index contributed by atoms with van der Waals surface area (Å²) in [6, 6.07) is 4.70. The molecule has 1 atom stereocenters. The summed E-state index contributed by atoms with van der Waals surface area (Å²) in [6.07, 6.45) is 4.45. The van der Waals surface area contributed by atoms with Gasteiger partial charge in [0.25, 0.3) is 5.56 Å². The molecule has 1 unspecified atom stereocenters. The highest BCUT2D eigenvalue weighted by Crippen LogP contribution is 2.19. The molecule has 8 nitrogen and oxygen atoms in total. The van der Waals surface area contributed by atoms with E-state index in [1.165, 1.54) is 16.8 Å². The van der Waals surface area contributed by atoms with E-state index in [9.17, 15) is 4.79 Å². The molecule has 0 bridgehead atoms. The number of pyridine rings is 1. The van der Waals surface area contributed by atoms with Crippen LogP contribution in [0.4, 0.5) is 0 Å². The van der Waals surface area contributed by atoms with Gasteiger partial charge in [-0.25, -0.2) is 4.68 Å². The number of rotatable bonds is 4. The van der Waals surface area contributed by atoms with Gasteiger partial charge in [-0.3, -0.25) is 9.36 Å². The molecule has 0 saturated heterocycles. The lowest BCUT2D eigenvalue weighted by Crippen LogP contribution is -2.26. The number of ether oxygens (including phenoxy) is 1. The second-order valence-corrected chi connectivity index (χ2v) is 5.22. The third-order valence-electron chi connectivity index (χ3n) is 3.33. The zero-order chi connectivity index (χ0) is 16.4. The van der Waals surface area contributed by atoms with Crippen LogP contribution in [0.15, 0.2) is 41.6 Å². The summed E-state index contributed by atoms with van der Waals surface area (Å²) in [6.45, 7) is 1.82. The van der Waals surface area contributed by atoms with Gasteiger partial charge >= 0.3 is 0 Å². The van der Waals surface area contributed by atoms with Crippen LogP contribution in [-0.2, 0) is 0 Å². The maximum atomic E-state index is 12.0. The summed E-state index contributed by atoms with van der Waals surface area (Å²) in [5.74, 6) is 0.575. The minimum absolute atomic E-state index is 0.219. The molecular weight excluding hydrogens is 320 g/mol. The van der Waals surface area contributed by atoms with Crippen molar-refractivity contribution >= 4 is 11.6 Å². The minimum atomic E-state index is -0.361. The van der Waals surface area contributed by atoms with E-state index >= 15 is 0 Å². The predicted octanol–water partition coefficient (Wildman–Crippen LogP) is 1.63. The first-order valence-electron chi connectivity index (χ1n) is 6.75. The summed E-state index contributed by atoms with van der Waals surface area (Å²) in [4.78, 5) is 12.0. The molecule has 3 aromatic heterocycles. The largest absolute Gasteiger partial charge is 0.495 e. The Balaban J connectivity index is 1.93. The summed E-state index contributed by atoms with van der Waals surface area (Å²) in [5.41, 5.74) is 0.847. The Hall–Kier alpha value is -2.74. The van der Waals surface area contributed by atoms with E-state index in [2.05, 4.69) is 20.5 Å². The van der Waals surface area contributed by atoms with Crippen LogP contribution in [0.25, 0.3) is 11.4 Å². The Morgan fingerprint density at radius 2 is 2.09 bits per heavy atom. The van der Waals surface area contributed by atoms with Gasteiger partial charge in [-0.1, -0.05) is 16.8 Å². The fraction of sp³-hybridized carbons (Fsp3) is 0.214. The third kappa shape index (κ3) is 3.07. The van der Waals surface area contributed by atoms with Gasteiger partial charge in [0, 0.05) is 23.4 Å². The number of methoxy groups -OCH3 is 1. The van der Waals surface area contributed by atoms with Crippen LogP contribution in [0.5, 0.6) is 5.75 Å². The van der Waals surface area contributed by atoms with Crippen molar-refractivity contribution in [3.8, 4) is 17.1 Å². The molecule has 0 saturated carbocycles. The van der Waals surface area contributed by atoms with Gasteiger partial charge in [-0.2, -0.15) is 5.10 Å². The van der Waals surface area contributed by atoms with Crippen LogP contribution < -0.4 is 10.3 Å². The average molecular weight is 333 g/mol. The Kier molecular flexibility index (Phi) is 4.07. The molecule has 0 N–H and O–H groups in total. The van der Waals surface area contributed by atoms with Gasteiger partial charge in [0.2, 0.25) is 0 Å². The number of hydrogen-bond acceptors (Lipinski definition) is 6. The monoisotopic (exact) mass is 332 g/mol. The van der Waals surface area contributed by atoms with Crippen molar-refractivity contribution in [3.05, 3.63) is 52.2 Å². The standard InChI is InChI=1S/C14H13ClN6O2/c1-9(20-4-3-10(15)5-14(20)22)21-8-13(18-19-21)12-6-11(23-2)7-16-17-12/h3-9H,1-2H3. The van der Waals surface area contributed by atoms with Gasteiger partial charge in [-0.05, 0) is 13.0 Å². The third-order valence-corrected chi connectivity index (χ3v) is 3.57. The highest BCUT2D eigenvalue weighted by molar-refractivity contribution is 6.30. The molecule has 0 spiro atoms. The smallest absolute Gasteiger partial charge is 0.253 e. The van der Waals surface area contributed by atoms with E-state index < -0.39 is 0 Å². The fourth-order valence-electron chi connectivity index (χ4n) is 2.06. The molecule has 0 aromatic carbocycles. The molecular formula is C14H13ClN6O2. The van der Waals surface area contributed by atoms with Crippen LogP contribution in [0, 0.1) is 0 Å². The first-order chi connectivity index (χ1) is 11.1. The summed E-state index contributed by atoms with van der Waals surface area (Å²) >= 11 is 5.81. The second kappa shape index (κ2) is 6.17. The maximum absolute atomic E-state index is 12.0. The van der Waals surface area contributed by atoms with Crippen LogP contribution >= 0.6 is 11.6 Å². The Morgan fingerprint density at radius 3 is 2.83 bits per heavy atom. The van der Waals surface area contributed by atoms with E-state index in [1.54, 1.807) is 36.3 Å². The van der Waals surface area contributed by atoms with Gasteiger partial charge in [0.05, 0.1) is 19.5 Å². The molecule has 0 aliphatic carbocycles. The Morgan fingerprint density at radius 1 is 1.26 bits per heavy atom. The lowest BCUT2D eigenvalue weighted by atomic mass is 10.3. The van der Waals surface area contributed by atoms with Crippen LogP contribution in [0.3, 0.4) is 0 Å². The minimum Gasteiger partial charge on any atom is -0.495 e. The lowest BCUT2D eigenvalue weighted by molar-refractivity contribution is 0.405. The molecule has 3 heterocycles. The van der Waals surface area contributed by atoms with Crippen molar-refractivity contribution < 1.29 is 4.74 Å². The molecule has 3 aromatic rings. The van der Waals surface area contributed by atoms with Gasteiger partial charge in [0.1, 0.15) is 23.3 Å². The topological polar surface area (TPSA) is 87.7 Å². The fourth-order valence-corrected chi connectivity index (χ4v) is 2.21. The molecule has 0 amide bonds. The highest BCUT2D eigenvalue weighted by atomic mass is 35.5. The first-order valence-corrected chi connectivity index (χ1v) is 7.13. The van der Waals surface area contributed by atoms with Crippen LogP contribution in [0.2, 0.25) is 5.02 Å². The molecule has 0 aliphatic heterocycles. The Bertz CT molecular complexity index is 891. The van der Waals surface area contributed by atoms with Crippen molar-refractivity contribution in [2.75, 3.05) is 7.11 Å². The lowest BCUT2D eigenvalue weighted by Gasteiger charge is -2.14. The summed E-state index contributed by atoms with van der Waals surface area (Å²) < 4.78 is 8.17. The number of halogens is 1. The van der Waals surface area contributed by atoms with Crippen LogP contribution in [0.1, 0.15) is 13.1 Å². The van der Waals surface area contributed by atoms with E-state index in [1.807, 2.05) is 6.92 Å². The highest BCUT2D eigenvalue weighted by Gasteiger charge is 2.13. The SMILES string of the molecule is COc1cnnc(-c2cn(C(C)n3ccc(Cl)cc3=O)nn2)c1. The Labute approximate surface area is 136 Å². The van der Waals surface area contributed by atoms with Gasteiger partial charge in [-0.15, -0.1) is 10.2 Å². The van der Waals surface area contributed by atoms with Crippen molar-refractivity contribution in [1.82, 2.24) is 29.8 Å². The van der Waals surface area contributed by atoms with Gasteiger partial charge < -0.3 is 4.74 Å². The van der Waals surface area contributed by atoms with E-state index in [-0.39, 0.29) is 11.7 Å². The number of nitrogens with zero attached hydrogens (tertiary/aromatic N) is 6. The number of hydrogen-bond donors (Lipinski definition) is 0. The zero-order valence-electron chi connectivity index (χ0n) is 12.4.